The molecule has 2 aliphatic heterocycles. The number of nitrogens with zero attached hydrogens (tertiary/aromatic N) is 3. The molecule has 3 heterocycles. The van der Waals surface area contributed by atoms with Crippen LogP contribution < -0.4 is 15.4 Å². The zero-order valence-electron chi connectivity index (χ0n) is 17.4. The number of anilines is 1. The van der Waals surface area contributed by atoms with Crippen molar-refractivity contribution in [3.8, 4) is 17.0 Å². The van der Waals surface area contributed by atoms with E-state index >= 15 is 0 Å². The van der Waals surface area contributed by atoms with Gasteiger partial charge in [0.1, 0.15) is 5.84 Å². The Labute approximate surface area is 176 Å². The van der Waals surface area contributed by atoms with E-state index in [2.05, 4.69) is 23.2 Å². The predicted octanol–water partition coefficient (Wildman–Crippen LogP) is 2.95. The van der Waals surface area contributed by atoms with Crippen molar-refractivity contribution in [3.63, 3.8) is 0 Å². The highest BCUT2D eigenvalue weighted by atomic mass is 16.5. The van der Waals surface area contributed by atoms with E-state index in [0.717, 1.165) is 41.8 Å². The number of fused-ring (bicyclic) bond motifs is 1. The van der Waals surface area contributed by atoms with Crippen molar-refractivity contribution in [1.29, 1.82) is 5.41 Å². The smallest absolute Gasteiger partial charge is 0.219 e. The lowest BCUT2D eigenvalue weighted by molar-refractivity contribution is -0.128. The van der Waals surface area contributed by atoms with Crippen molar-refractivity contribution in [3.05, 3.63) is 53.4 Å². The van der Waals surface area contributed by atoms with Gasteiger partial charge in [-0.25, -0.2) is 4.98 Å². The topological polar surface area (TPSA) is 95.5 Å². The van der Waals surface area contributed by atoms with Crippen LogP contribution in [0, 0.1) is 5.41 Å². The fraction of sp³-hybridized carbons (Fsp3) is 0.348. The normalized spacial score (nSPS) is 16.3. The van der Waals surface area contributed by atoms with Crippen LogP contribution in [0.5, 0.6) is 5.88 Å². The molecule has 0 radical (unpaired) electrons. The summed E-state index contributed by atoms with van der Waals surface area (Å²) in [5, 5.41) is 8.87. The van der Waals surface area contributed by atoms with E-state index in [0.29, 0.717) is 36.9 Å². The molecule has 7 nitrogen and oxygen atoms in total. The van der Waals surface area contributed by atoms with Crippen molar-refractivity contribution in [1.82, 2.24) is 9.88 Å². The van der Waals surface area contributed by atoms with E-state index in [1.807, 2.05) is 17.0 Å². The number of benzene rings is 1. The zero-order chi connectivity index (χ0) is 21.3. The molecule has 0 unspecified atom stereocenters. The van der Waals surface area contributed by atoms with Crippen LogP contribution >= 0.6 is 0 Å². The van der Waals surface area contributed by atoms with Crippen LogP contribution in [-0.4, -0.2) is 48.4 Å². The molecule has 0 saturated carbocycles. The molecule has 2 aromatic rings. The number of amidine groups is 1. The Balaban J connectivity index is 1.64. The lowest BCUT2D eigenvalue weighted by atomic mass is 9.95. The molecule has 30 heavy (non-hydrogen) atoms. The van der Waals surface area contributed by atoms with Crippen molar-refractivity contribution in [2.24, 2.45) is 5.73 Å². The van der Waals surface area contributed by atoms with Crippen LogP contribution in [0.1, 0.15) is 25.3 Å². The van der Waals surface area contributed by atoms with E-state index in [9.17, 15) is 4.79 Å². The largest absolute Gasteiger partial charge is 0.481 e. The highest BCUT2D eigenvalue weighted by molar-refractivity contribution is 6.09. The maximum atomic E-state index is 11.8. The van der Waals surface area contributed by atoms with E-state index in [1.54, 1.807) is 25.1 Å². The molecule has 0 fully saturated rings. The predicted molar refractivity (Wildman–Crippen MR) is 118 cm³/mol. The number of nitrogens with one attached hydrogen (secondary N) is 1. The minimum atomic E-state index is 0.0178. The van der Waals surface area contributed by atoms with Gasteiger partial charge in [0.25, 0.3) is 0 Å². The zero-order valence-corrected chi connectivity index (χ0v) is 17.4. The van der Waals surface area contributed by atoms with Crippen molar-refractivity contribution >= 4 is 17.4 Å². The Kier molecular flexibility index (Phi) is 5.44. The number of aromatic nitrogens is 1. The minimum absolute atomic E-state index is 0.0178. The number of hydrogen-bond donors (Lipinski definition) is 2. The quantitative estimate of drug-likeness (QED) is 0.605. The molecule has 1 aromatic carbocycles. The number of aryl methyl sites for hydroxylation is 1. The second kappa shape index (κ2) is 8.18. The fourth-order valence-corrected chi connectivity index (χ4v) is 4.15. The summed E-state index contributed by atoms with van der Waals surface area (Å²) in [6.07, 6.45) is 4.28. The molecule has 156 valence electrons. The van der Waals surface area contributed by atoms with Gasteiger partial charge in [0.15, 0.2) is 0 Å². The Morgan fingerprint density at radius 3 is 2.73 bits per heavy atom. The average molecular weight is 406 g/mol. The molecule has 0 spiro atoms. The number of carbonyl (C=O) groups excluding carboxylic acids is 1. The number of ether oxygens (including phenoxy) is 1. The molecule has 0 saturated heterocycles. The third-order valence-corrected chi connectivity index (χ3v) is 5.86. The lowest BCUT2D eigenvalue weighted by Gasteiger charge is -2.36. The summed E-state index contributed by atoms with van der Waals surface area (Å²) >= 11 is 0. The van der Waals surface area contributed by atoms with E-state index in [1.165, 1.54) is 5.56 Å². The van der Waals surface area contributed by atoms with Gasteiger partial charge in [-0.1, -0.05) is 6.07 Å². The average Bonchev–Trinajstić information content (AvgIpc) is 2.78. The first-order valence-corrected chi connectivity index (χ1v) is 10.2. The van der Waals surface area contributed by atoms with Crippen LogP contribution in [0.3, 0.4) is 0 Å². The monoisotopic (exact) mass is 405 g/mol. The van der Waals surface area contributed by atoms with Crippen molar-refractivity contribution in [2.45, 2.75) is 26.2 Å². The third kappa shape index (κ3) is 3.75. The van der Waals surface area contributed by atoms with Crippen LogP contribution in [0.15, 0.2) is 47.8 Å². The van der Waals surface area contributed by atoms with Gasteiger partial charge in [-0.2, -0.15) is 0 Å². The van der Waals surface area contributed by atoms with Crippen LogP contribution in [0.4, 0.5) is 5.69 Å². The second-order valence-corrected chi connectivity index (χ2v) is 7.73. The van der Waals surface area contributed by atoms with Gasteiger partial charge < -0.3 is 20.3 Å². The maximum absolute atomic E-state index is 11.8. The number of nitrogens with two attached hydrogens (primary N) is 1. The number of methoxy groups -OCH3 is 1. The first-order chi connectivity index (χ1) is 14.5. The molecule has 1 aromatic heterocycles. The van der Waals surface area contributed by atoms with E-state index in [-0.39, 0.29) is 5.91 Å². The lowest BCUT2D eigenvalue weighted by Crippen LogP contribution is -2.44. The molecular weight excluding hydrogens is 378 g/mol. The Morgan fingerprint density at radius 1 is 1.17 bits per heavy atom. The first-order valence-electron chi connectivity index (χ1n) is 10.2. The van der Waals surface area contributed by atoms with Crippen LogP contribution in [0.2, 0.25) is 0 Å². The molecule has 0 atom stereocenters. The molecule has 0 aliphatic carbocycles. The molecule has 7 heteroatoms. The Bertz CT molecular complexity index is 1030. The summed E-state index contributed by atoms with van der Waals surface area (Å²) < 4.78 is 5.25. The summed E-state index contributed by atoms with van der Waals surface area (Å²) in [5.41, 5.74) is 12.1. The maximum Gasteiger partial charge on any atom is 0.219 e. The molecule has 3 N–H and O–H groups in total. The van der Waals surface area contributed by atoms with E-state index in [4.69, 9.17) is 15.9 Å². The van der Waals surface area contributed by atoms with Crippen molar-refractivity contribution < 1.29 is 9.53 Å². The molecule has 2 aliphatic rings. The summed E-state index contributed by atoms with van der Waals surface area (Å²) in [4.78, 5) is 19.8. The fourth-order valence-electron chi connectivity index (χ4n) is 4.15. The van der Waals surface area contributed by atoms with Gasteiger partial charge in [-0.05, 0) is 47.7 Å². The second-order valence-electron chi connectivity index (χ2n) is 7.73. The Morgan fingerprint density at radius 2 is 1.97 bits per heavy atom. The van der Waals surface area contributed by atoms with E-state index < -0.39 is 0 Å². The molecule has 0 bridgehead atoms. The molecule has 1 amide bonds. The highest BCUT2D eigenvalue weighted by Gasteiger charge is 2.28. The van der Waals surface area contributed by atoms with Crippen molar-refractivity contribution in [2.75, 3.05) is 31.6 Å². The number of amides is 1. The number of rotatable bonds is 3. The highest BCUT2D eigenvalue weighted by Crippen LogP contribution is 2.33. The first kappa shape index (κ1) is 19.9. The minimum Gasteiger partial charge on any atom is -0.481 e. The number of hydrogen-bond acceptors (Lipinski definition) is 5. The summed E-state index contributed by atoms with van der Waals surface area (Å²) in [6, 6.07) is 10.2. The van der Waals surface area contributed by atoms with Crippen LogP contribution in [-0.2, 0) is 11.2 Å². The van der Waals surface area contributed by atoms with Gasteiger partial charge in [0.2, 0.25) is 11.8 Å². The van der Waals surface area contributed by atoms with Crippen LogP contribution in [0.25, 0.3) is 11.1 Å². The number of pyridine rings is 1. The summed E-state index contributed by atoms with van der Waals surface area (Å²) in [5.74, 6) is 1.00. The Hall–Kier alpha value is -3.35. The van der Waals surface area contributed by atoms with Gasteiger partial charge in [-0.3, -0.25) is 10.2 Å². The van der Waals surface area contributed by atoms with Gasteiger partial charge in [-0.15, -0.1) is 0 Å². The standard InChI is InChI=1S/C23H27N5O2/c1-15(29)27-11-8-20(24)19(14-27)23(25)28-10-3-4-18-12-16(5-6-21(18)28)17-7-9-26-22(13-17)30-2/h5-7,9,12-13,25H,3-4,8,10-11,14,24H2,1-2H3. The number of carbonyl (C=O) groups is 1. The summed E-state index contributed by atoms with van der Waals surface area (Å²) in [7, 11) is 1.61. The SMILES string of the molecule is COc1cc(-c2ccc3c(c2)CCCN3C(=N)C2=C(N)CCN(C(C)=O)C2)ccn1. The van der Waals surface area contributed by atoms with Gasteiger partial charge in [0.05, 0.1) is 13.7 Å². The van der Waals surface area contributed by atoms with Gasteiger partial charge in [0, 0.05) is 55.7 Å². The third-order valence-electron chi connectivity index (χ3n) is 5.86. The van der Waals surface area contributed by atoms with Gasteiger partial charge >= 0.3 is 0 Å². The molecular formula is C23H27N5O2. The summed E-state index contributed by atoms with van der Waals surface area (Å²) in [6.45, 7) is 3.35. The molecule has 4 rings (SSSR count).